The van der Waals surface area contributed by atoms with E-state index in [1.54, 1.807) is 12.5 Å². The first kappa shape index (κ1) is 13.0. The molecule has 3 nitrogen and oxygen atoms in total. The Labute approximate surface area is 108 Å². The van der Waals surface area contributed by atoms with Crippen molar-refractivity contribution >= 4 is 0 Å². The van der Waals surface area contributed by atoms with Gasteiger partial charge in [-0.25, -0.2) is 0 Å². The molecule has 0 bridgehead atoms. The smallest absolute Gasteiger partial charge is 0.117 e. The van der Waals surface area contributed by atoms with Gasteiger partial charge in [0.2, 0.25) is 0 Å². The van der Waals surface area contributed by atoms with Gasteiger partial charge in [0.05, 0.1) is 25.6 Å². The molecule has 2 aromatic heterocycles. The summed E-state index contributed by atoms with van der Waals surface area (Å²) in [6, 6.07) is 7.91. The van der Waals surface area contributed by atoms with Crippen LogP contribution in [0.15, 0.2) is 45.6 Å². The Kier molecular flexibility index (Phi) is 4.65. The van der Waals surface area contributed by atoms with E-state index in [0.717, 1.165) is 31.2 Å². The van der Waals surface area contributed by atoms with Gasteiger partial charge in [0.25, 0.3) is 0 Å². The van der Waals surface area contributed by atoms with E-state index in [4.69, 9.17) is 8.83 Å². The highest BCUT2D eigenvalue weighted by Crippen LogP contribution is 2.14. The Morgan fingerprint density at radius 3 is 2.00 bits per heavy atom. The average Bonchev–Trinajstić information content (AvgIpc) is 3.02. The van der Waals surface area contributed by atoms with Gasteiger partial charge in [-0.2, -0.15) is 0 Å². The molecule has 2 rings (SSSR count). The maximum absolute atomic E-state index is 5.43. The molecule has 0 N–H and O–H groups in total. The molecule has 98 valence electrons. The maximum atomic E-state index is 5.43. The molecule has 0 saturated heterocycles. The topological polar surface area (TPSA) is 29.5 Å². The van der Waals surface area contributed by atoms with Crippen LogP contribution in [0.25, 0.3) is 0 Å². The first-order valence-electron chi connectivity index (χ1n) is 6.55. The summed E-state index contributed by atoms with van der Waals surface area (Å²) in [5, 5.41) is 0. The third-order valence-corrected chi connectivity index (χ3v) is 3.19. The fourth-order valence-corrected chi connectivity index (χ4v) is 2.00. The lowest BCUT2D eigenvalue weighted by molar-refractivity contribution is 0.189. The number of hydrogen-bond acceptors (Lipinski definition) is 3. The Morgan fingerprint density at radius 1 is 1.06 bits per heavy atom. The molecule has 18 heavy (non-hydrogen) atoms. The second-order valence-electron chi connectivity index (χ2n) is 4.84. The maximum Gasteiger partial charge on any atom is 0.117 e. The van der Waals surface area contributed by atoms with E-state index >= 15 is 0 Å². The summed E-state index contributed by atoms with van der Waals surface area (Å²) >= 11 is 0. The van der Waals surface area contributed by atoms with Gasteiger partial charge < -0.3 is 8.83 Å². The molecule has 0 aliphatic rings. The second kappa shape index (κ2) is 6.45. The molecule has 3 heteroatoms. The predicted octanol–water partition coefficient (Wildman–Crippen LogP) is 3.92. The summed E-state index contributed by atoms with van der Waals surface area (Å²) in [6.07, 6.45) is 4.64. The van der Waals surface area contributed by atoms with E-state index in [-0.39, 0.29) is 0 Å². The molecule has 0 spiro atoms. The minimum atomic E-state index is 0.676. The van der Waals surface area contributed by atoms with Crippen molar-refractivity contribution in [3.05, 3.63) is 48.3 Å². The largest absolute Gasteiger partial charge is 0.468 e. The summed E-state index contributed by atoms with van der Waals surface area (Å²) in [5.41, 5.74) is 0. The summed E-state index contributed by atoms with van der Waals surface area (Å²) in [7, 11) is 0. The lowest BCUT2D eigenvalue weighted by atomic mass is 10.1. The van der Waals surface area contributed by atoms with E-state index in [2.05, 4.69) is 18.7 Å². The molecule has 1 atom stereocenters. The van der Waals surface area contributed by atoms with Crippen LogP contribution in [0.4, 0.5) is 0 Å². The Morgan fingerprint density at radius 2 is 1.61 bits per heavy atom. The summed E-state index contributed by atoms with van der Waals surface area (Å²) in [5.74, 6) is 2.68. The van der Waals surface area contributed by atoms with Gasteiger partial charge in [0, 0.05) is 6.54 Å². The van der Waals surface area contributed by atoms with Crippen LogP contribution in [0.5, 0.6) is 0 Å². The number of furan rings is 2. The van der Waals surface area contributed by atoms with Crippen molar-refractivity contribution in [1.29, 1.82) is 0 Å². The normalized spacial score (nSPS) is 13.1. The molecule has 1 unspecified atom stereocenters. The Bertz CT molecular complexity index is 383. The molecule has 0 radical (unpaired) electrons. The van der Waals surface area contributed by atoms with Crippen LogP contribution in [0, 0.1) is 5.92 Å². The number of nitrogens with zero attached hydrogens (tertiary/aromatic N) is 1. The van der Waals surface area contributed by atoms with Crippen molar-refractivity contribution in [3.8, 4) is 0 Å². The molecule has 2 aromatic rings. The average molecular weight is 247 g/mol. The van der Waals surface area contributed by atoms with Crippen molar-refractivity contribution in [2.45, 2.75) is 33.4 Å². The molecule has 0 aliphatic heterocycles. The SMILES string of the molecule is CCC(C)CN(Cc1ccco1)Cc1ccco1. The fourth-order valence-electron chi connectivity index (χ4n) is 2.00. The first-order chi connectivity index (χ1) is 8.78. The highest BCUT2D eigenvalue weighted by Gasteiger charge is 2.13. The molecule has 0 fully saturated rings. The zero-order valence-corrected chi connectivity index (χ0v) is 11.1. The van der Waals surface area contributed by atoms with Crippen molar-refractivity contribution in [3.63, 3.8) is 0 Å². The van der Waals surface area contributed by atoms with Crippen LogP contribution in [-0.2, 0) is 13.1 Å². The molecule has 2 heterocycles. The third kappa shape index (κ3) is 3.77. The molecular weight excluding hydrogens is 226 g/mol. The van der Waals surface area contributed by atoms with Crippen LogP contribution in [0.2, 0.25) is 0 Å². The number of rotatable bonds is 7. The standard InChI is InChI=1S/C15H21NO2/c1-3-13(2)10-16(11-14-6-4-8-17-14)12-15-7-5-9-18-15/h4-9,13H,3,10-12H2,1-2H3. The lowest BCUT2D eigenvalue weighted by Gasteiger charge is -2.23. The van der Waals surface area contributed by atoms with Crippen molar-refractivity contribution in [1.82, 2.24) is 4.90 Å². The van der Waals surface area contributed by atoms with Gasteiger partial charge in [-0.05, 0) is 30.2 Å². The van der Waals surface area contributed by atoms with Gasteiger partial charge in [0.1, 0.15) is 11.5 Å². The summed E-state index contributed by atoms with van der Waals surface area (Å²) < 4.78 is 10.9. The molecule has 0 aromatic carbocycles. The Balaban J connectivity index is 1.97. The fraction of sp³-hybridized carbons (Fsp3) is 0.467. The minimum absolute atomic E-state index is 0.676. The van der Waals surface area contributed by atoms with Crippen LogP contribution in [0.3, 0.4) is 0 Å². The van der Waals surface area contributed by atoms with E-state index in [0.29, 0.717) is 5.92 Å². The van der Waals surface area contributed by atoms with Crippen LogP contribution < -0.4 is 0 Å². The molecular formula is C15H21NO2. The van der Waals surface area contributed by atoms with E-state index in [1.807, 2.05) is 24.3 Å². The predicted molar refractivity (Wildman–Crippen MR) is 71.0 cm³/mol. The summed E-state index contributed by atoms with van der Waals surface area (Å²) in [4.78, 5) is 2.37. The highest BCUT2D eigenvalue weighted by molar-refractivity contribution is 5.01. The third-order valence-electron chi connectivity index (χ3n) is 3.19. The van der Waals surface area contributed by atoms with Gasteiger partial charge in [-0.1, -0.05) is 20.3 Å². The summed E-state index contributed by atoms with van der Waals surface area (Å²) in [6.45, 7) is 7.22. The first-order valence-corrected chi connectivity index (χ1v) is 6.55. The van der Waals surface area contributed by atoms with Crippen LogP contribution in [-0.4, -0.2) is 11.4 Å². The Hall–Kier alpha value is -1.48. The highest BCUT2D eigenvalue weighted by atomic mass is 16.3. The van der Waals surface area contributed by atoms with Gasteiger partial charge >= 0.3 is 0 Å². The quantitative estimate of drug-likeness (QED) is 0.742. The van der Waals surface area contributed by atoms with Gasteiger partial charge in [-0.3, -0.25) is 4.90 Å². The van der Waals surface area contributed by atoms with Gasteiger partial charge in [0.15, 0.2) is 0 Å². The molecule has 0 amide bonds. The van der Waals surface area contributed by atoms with Crippen LogP contribution in [0.1, 0.15) is 31.8 Å². The van der Waals surface area contributed by atoms with Crippen LogP contribution >= 0.6 is 0 Å². The van der Waals surface area contributed by atoms with E-state index in [1.165, 1.54) is 6.42 Å². The zero-order chi connectivity index (χ0) is 12.8. The van der Waals surface area contributed by atoms with Crippen molar-refractivity contribution < 1.29 is 8.83 Å². The van der Waals surface area contributed by atoms with E-state index < -0.39 is 0 Å². The van der Waals surface area contributed by atoms with E-state index in [9.17, 15) is 0 Å². The second-order valence-corrected chi connectivity index (χ2v) is 4.84. The molecule has 0 aliphatic carbocycles. The minimum Gasteiger partial charge on any atom is -0.468 e. The lowest BCUT2D eigenvalue weighted by Crippen LogP contribution is -2.27. The molecule has 0 saturated carbocycles. The number of hydrogen-bond donors (Lipinski definition) is 0. The van der Waals surface area contributed by atoms with Crippen molar-refractivity contribution in [2.75, 3.05) is 6.54 Å². The monoisotopic (exact) mass is 247 g/mol. The van der Waals surface area contributed by atoms with Crippen molar-refractivity contribution in [2.24, 2.45) is 5.92 Å². The van der Waals surface area contributed by atoms with Gasteiger partial charge in [-0.15, -0.1) is 0 Å². The zero-order valence-electron chi connectivity index (χ0n) is 11.1.